The largest absolute Gasteiger partial charge is 0.490 e. The molecule has 0 aliphatic carbocycles. The fourth-order valence-electron chi connectivity index (χ4n) is 3.02. The van der Waals surface area contributed by atoms with Gasteiger partial charge in [0.05, 0.1) is 7.11 Å². The van der Waals surface area contributed by atoms with Crippen LogP contribution in [0.2, 0.25) is 0 Å². The molecule has 0 bridgehead atoms. The zero-order valence-corrected chi connectivity index (χ0v) is 14.6. The Morgan fingerprint density at radius 1 is 0.615 bits per heavy atom. The Balaban J connectivity index is 1.69. The van der Waals surface area contributed by atoms with E-state index in [4.69, 9.17) is 4.74 Å². The van der Waals surface area contributed by atoms with Crippen molar-refractivity contribution in [2.24, 2.45) is 0 Å². The van der Waals surface area contributed by atoms with E-state index in [1.54, 1.807) is 7.11 Å². The lowest BCUT2D eigenvalue weighted by atomic mass is 10.1. The Hall–Kier alpha value is -3.46. The van der Waals surface area contributed by atoms with Crippen LogP contribution in [-0.2, 0) is 0 Å². The van der Waals surface area contributed by atoms with Crippen LogP contribution in [0.5, 0.6) is 5.75 Å². The van der Waals surface area contributed by atoms with E-state index in [0.29, 0.717) is 0 Å². The summed E-state index contributed by atoms with van der Waals surface area (Å²) in [6.45, 7) is 0. The molecule has 2 aromatic carbocycles. The van der Waals surface area contributed by atoms with Crippen LogP contribution in [0.25, 0.3) is 22.5 Å². The second-order valence-electron chi connectivity index (χ2n) is 6.00. The summed E-state index contributed by atoms with van der Waals surface area (Å²) < 4.78 is 9.81. The van der Waals surface area contributed by atoms with Crippen molar-refractivity contribution in [3.8, 4) is 28.3 Å². The molecule has 0 unspecified atom stereocenters. The fourth-order valence-corrected chi connectivity index (χ4v) is 3.02. The van der Waals surface area contributed by atoms with Crippen molar-refractivity contribution in [1.82, 2.24) is 0 Å². The lowest BCUT2D eigenvalue weighted by Gasteiger charge is -2.07. The normalized spacial score (nSPS) is 10.5. The van der Waals surface area contributed by atoms with Gasteiger partial charge in [0, 0.05) is 48.0 Å². The smallest absolute Gasteiger partial charge is 0.217 e. The first kappa shape index (κ1) is 16.0. The van der Waals surface area contributed by atoms with Crippen LogP contribution in [0.4, 0.5) is 0 Å². The van der Waals surface area contributed by atoms with Crippen LogP contribution < -0.4 is 13.9 Å². The van der Waals surface area contributed by atoms with E-state index in [1.165, 1.54) is 0 Å². The summed E-state index contributed by atoms with van der Waals surface area (Å²) in [6, 6.07) is 26.8. The molecule has 4 aromatic rings. The van der Waals surface area contributed by atoms with Crippen LogP contribution in [0.15, 0.2) is 104 Å². The Labute approximate surface area is 153 Å². The van der Waals surface area contributed by atoms with Crippen LogP contribution in [0.1, 0.15) is 0 Å². The van der Waals surface area contributed by atoms with Gasteiger partial charge >= 0.3 is 0 Å². The molecule has 0 saturated heterocycles. The zero-order chi connectivity index (χ0) is 17.8. The number of ether oxygens (including phenoxy) is 1. The van der Waals surface area contributed by atoms with Crippen LogP contribution in [0.3, 0.4) is 0 Å². The number of hydrogen-bond acceptors (Lipinski definition) is 1. The molecule has 3 nitrogen and oxygen atoms in total. The minimum absolute atomic E-state index is 0.841. The minimum Gasteiger partial charge on any atom is -0.490 e. The third-order valence-corrected chi connectivity index (χ3v) is 4.39. The summed E-state index contributed by atoms with van der Waals surface area (Å²) in [7, 11) is 1.71. The lowest BCUT2D eigenvalue weighted by molar-refractivity contribution is -0.596. The highest BCUT2D eigenvalue weighted by Crippen LogP contribution is 2.27. The van der Waals surface area contributed by atoms with Crippen molar-refractivity contribution in [3.05, 3.63) is 104 Å². The SMILES string of the molecule is COc1c[n+](-c2ccccc2)ccc1-c1cc[n+](-c2ccccc2)cc1. The molecule has 0 atom stereocenters. The highest BCUT2D eigenvalue weighted by atomic mass is 16.5. The van der Waals surface area contributed by atoms with Gasteiger partial charge in [-0.05, 0) is 5.56 Å². The lowest BCUT2D eigenvalue weighted by Crippen LogP contribution is -2.30. The molecule has 0 fully saturated rings. The second kappa shape index (κ2) is 7.19. The average Bonchev–Trinajstić information content (AvgIpc) is 2.75. The molecule has 0 amide bonds. The molecule has 4 rings (SSSR count). The third-order valence-electron chi connectivity index (χ3n) is 4.39. The highest BCUT2D eigenvalue weighted by Gasteiger charge is 2.15. The first-order valence-corrected chi connectivity index (χ1v) is 8.57. The van der Waals surface area contributed by atoms with E-state index in [9.17, 15) is 0 Å². The number of aromatic nitrogens is 2. The van der Waals surface area contributed by atoms with Gasteiger partial charge in [0.15, 0.2) is 24.3 Å². The summed E-state index contributed by atoms with van der Waals surface area (Å²) in [5.74, 6) is 0.841. The van der Waals surface area contributed by atoms with Crippen molar-refractivity contribution < 1.29 is 13.9 Å². The molecule has 0 radical (unpaired) electrons. The van der Waals surface area contributed by atoms with E-state index >= 15 is 0 Å². The molecular formula is C23H20N2O+2. The van der Waals surface area contributed by atoms with E-state index in [-0.39, 0.29) is 0 Å². The van der Waals surface area contributed by atoms with Crippen molar-refractivity contribution in [2.75, 3.05) is 7.11 Å². The second-order valence-corrected chi connectivity index (χ2v) is 6.00. The molecular weight excluding hydrogens is 320 g/mol. The third kappa shape index (κ3) is 3.20. The fraction of sp³-hybridized carbons (Fsp3) is 0.0435. The van der Waals surface area contributed by atoms with Crippen molar-refractivity contribution in [1.29, 1.82) is 0 Å². The first-order chi connectivity index (χ1) is 12.8. The molecule has 0 spiro atoms. The number of para-hydroxylation sites is 2. The van der Waals surface area contributed by atoms with Gasteiger partial charge in [-0.15, -0.1) is 0 Å². The van der Waals surface area contributed by atoms with E-state index in [0.717, 1.165) is 28.3 Å². The van der Waals surface area contributed by atoms with Gasteiger partial charge in [0.2, 0.25) is 17.6 Å². The standard InChI is InChI=1S/C23H20N2O/c1-26-23-18-25(21-10-6-3-7-11-21)17-14-22(23)19-12-15-24(16-13-19)20-8-4-2-5-9-20/h2-18H,1H3/q+2. The molecule has 3 heteroatoms. The molecule has 126 valence electrons. The minimum atomic E-state index is 0.841. The van der Waals surface area contributed by atoms with Crippen LogP contribution in [-0.4, -0.2) is 7.11 Å². The van der Waals surface area contributed by atoms with Gasteiger partial charge in [0.25, 0.3) is 0 Å². The maximum atomic E-state index is 5.65. The zero-order valence-electron chi connectivity index (χ0n) is 14.6. The maximum absolute atomic E-state index is 5.65. The average molecular weight is 340 g/mol. The molecule has 26 heavy (non-hydrogen) atoms. The van der Waals surface area contributed by atoms with E-state index < -0.39 is 0 Å². The molecule has 2 aromatic heterocycles. The van der Waals surface area contributed by atoms with E-state index in [1.807, 2.05) is 42.6 Å². The summed E-state index contributed by atoms with van der Waals surface area (Å²) in [6.07, 6.45) is 8.22. The quantitative estimate of drug-likeness (QED) is 0.515. The monoisotopic (exact) mass is 340 g/mol. The summed E-state index contributed by atoms with van der Waals surface area (Å²) >= 11 is 0. The Morgan fingerprint density at radius 2 is 1.15 bits per heavy atom. The van der Waals surface area contributed by atoms with Crippen molar-refractivity contribution >= 4 is 0 Å². The Morgan fingerprint density at radius 3 is 1.73 bits per heavy atom. The van der Waals surface area contributed by atoms with Crippen LogP contribution in [0, 0.1) is 0 Å². The number of nitrogens with zero attached hydrogens (tertiary/aromatic N) is 2. The van der Waals surface area contributed by atoms with Gasteiger partial charge < -0.3 is 4.74 Å². The van der Waals surface area contributed by atoms with Crippen molar-refractivity contribution in [2.45, 2.75) is 0 Å². The van der Waals surface area contributed by atoms with Crippen LogP contribution >= 0.6 is 0 Å². The number of rotatable bonds is 4. The number of benzene rings is 2. The summed E-state index contributed by atoms with van der Waals surface area (Å²) in [5, 5.41) is 0. The van der Waals surface area contributed by atoms with E-state index in [2.05, 4.69) is 70.2 Å². The molecule has 2 heterocycles. The van der Waals surface area contributed by atoms with Gasteiger partial charge in [-0.3, -0.25) is 0 Å². The maximum Gasteiger partial charge on any atom is 0.217 e. The number of hydrogen-bond donors (Lipinski definition) is 0. The number of pyridine rings is 2. The van der Waals surface area contributed by atoms with Gasteiger partial charge in [0.1, 0.15) is 0 Å². The number of methoxy groups -OCH3 is 1. The Kier molecular flexibility index (Phi) is 4.44. The van der Waals surface area contributed by atoms with Gasteiger partial charge in [-0.25, -0.2) is 0 Å². The first-order valence-electron chi connectivity index (χ1n) is 8.57. The van der Waals surface area contributed by atoms with Gasteiger partial charge in [-0.1, -0.05) is 36.4 Å². The summed E-state index contributed by atoms with van der Waals surface area (Å²) in [4.78, 5) is 0. The topological polar surface area (TPSA) is 17.0 Å². The van der Waals surface area contributed by atoms with Gasteiger partial charge in [-0.2, -0.15) is 9.13 Å². The molecule has 0 N–H and O–H groups in total. The molecule has 0 saturated carbocycles. The highest BCUT2D eigenvalue weighted by molar-refractivity contribution is 5.68. The van der Waals surface area contributed by atoms with Crippen molar-refractivity contribution in [3.63, 3.8) is 0 Å². The summed E-state index contributed by atoms with van der Waals surface area (Å²) in [5.41, 5.74) is 4.43. The predicted octanol–water partition coefficient (Wildman–Crippen LogP) is 3.92. The molecule has 0 aliphatic heterocycles. The predicted molar refractivity (Wildman–Crippen MR) is 101 cm³/mol. The molecule has 0 aliphatic rings. The Bertz CT molecular complexity index is 997.